The minimum Gasteiger partial charge on any atom is -0.313 e. The van der Waals surface area contributed by atoms with Crippen molar-refractivity contribution in [2.24, 2.45) is 17.3 Å². The Morgan fingerprint density at radius 3 is 2.19 bits per heavy atom. The molecule has 4 unspecified atom stereocenters. The molecule has 1 N–H and O–H groups in total. The number of piperidine rings is 1. The minimum atomic E-state index is 0.462. The van der Waals surface area contributed by atoms with Gasteiger partial charge in [0.15, 0.2) is 0 Å². The van der Waals surface area contributed by atoms with Crippen molar-refractivity contribution in [2.75, 3.05) is 13.6 Å². The van der Waals surface area contributed by atoms with E-state index in [4.69, 9.17) is 0 Å². The van der Waals surface area contributed by atoms with Gasteiger partial charge in [-0.1, -0.05) is 33.6 Å². The van der Waals surface area contributed by atoms with Crippen LogP contribution in [0, 0.1) is 17.3 Å². The van der Waals surface area contributed by atoms with Gasteiger partial charge in [0.2, 0.25) is 0 Å². The van der Waals surface area contributed by atoms with Crippen LogP contribution in [0.3, 0.4) is 0 Å². The summed E-state index contributed by atoms with van der Waals surface area (Å²) in [5.41, 5.74) is 0.462. The van der Waals surface area contributed by atoms with Crippen LogP contribution in [0.15, 0.2) is 0 Å². The Labute approximate surface area is 132 Å². The molecule has 0 aromatic heterocycles. The molecule has 1 saturated carbocycles. The van der Waals surface area contributed by atoms with Crippen molar-refractivity contribution in [1.29, 1.82) is 0 Å². The van der Waals surface area contributed by atoms with Crippen LogP contribution in [0.1, 0.15) is 72.1 Å². The number of nitrogens with one attached hydrogen (secondary N) is 1. The molecule has 0 spiro atoms. The summed E-state index contributed by atoms with van der Waals surface area (Å²) in [6.07, 6.45) is 11.5. The molecule has 1 aliphatic carbocycles. The van der Waals surface area contributed by atoms with Crippen LogP contribution in [0.25, 0.3) is 0 Å². The third-order valence-corrected chi connectivity index (χ3v) is 6.74. The van der Waals surface area contributed by atoms with E-state index in [2.05, 4.69) is 38.0 Å². The highest BCUT2D eigenvalue weighted by Gasteiger charge is 2.39. The van der Waals surface area contributed by atoms with Gasteiger partial charge in [-0.3, -0.25) is 0 Å². The summed E-state index contributed by atoms with van der Waals surface area (Å²) in [6, 6.07) is 2.55. The molecule has 0 radical (unpaired) electrons. The maximum Gasteiger partial charge on any atom is 0.0100 e. The fourth-order valence-corrected chi connectivity index (χ4v) is 5.42. The van der Waals surface area contributed by atoms with Gasteiger partial charge in [0.25, 0.3) is 0 Å². The van der Waals surface area contributed by atoms with Crippen LogP contribution in [0.2, 0.25) is 0 Å². The van der Waals surface area contributed by atoms with Crippen LogP contribution in [-0.2, 0) is 0 Å². The lowest BCUT2D eigenvalue weighted by atomic mass is 9.69. The molecular formula is C19H36N2. The fourth-order valence-electron chi connectivity index (χ4n) is 5.42. The molecule has 2 saturated heterocycles. The number of fused-ring (bicyclic) bond motifs is 2. The average molecular weight is 293 g/mol. The minimum absolute atomic E-state index is 0.462. The molecule has 4 atom stereocenters. The predicted molar refractivity (Wildman–Crippen MR) is 90.5 cm³/mol. The fraction of sp³-hybridized carbons (Fsp3) is 1.00. The number of nitrogens with zero attached hydrogens (tertiary/aromatic N) is 1. The summed E-state index contributed by atoms with van der Waals surface area (Å²) in [5.74, 6) is 1.80. The maximum atomic E-state index is 4.01. The highest BCUT2D eigenvalue weighted by molar-refractivity contribution is 4.95. The smallest absolute Gasteiger partial charge is 0.0100 e. The third-order valence-electron chi connectivity index (χ3n) is 6.74. The van der Waals surface area contributed by atoms with Crippen molar-refractivity contribution in [1.82, 2.24) is 10.2 Å². The summed E-state index contributed by atoms with van der Waals surface area (Å²) in [7, 11) is 2.35. The van der Waals surface area contributed by atoms with Gasteiger partial charge in [0.05, 0.1) is 0 Å². The molecule has 2 aliphatic heterocycles. The van der Waals surface area contributed by atoms with E-state index in [0.29, 0.717) is 5.41 Å². The summed E-state index contributed by atoms with van der Waals surface area (Å²) in [4.78, 5) is 2.66. The molecule has 0 amide bonds. The lowest BCUT2D eigenvalue weighted by Crippen LogP contribution is -2.48. The summed E-state index contributed by atoms with van der Waals surface area (Å²) in [5, 5.41) is 4.01. The standard InChI is InChI=1S/C19H36N2/c1-19(2,3)17-7-5-6-8-18(17)20-13-14-11-15-9-10-16(12-14)21(15)4/h14-18,20H,5-13H2,1-4H3. The van der Waals surface area contributed by atoms with Gasteiger partial charge < -0.3 is 10.2 Å². The molecule has 3 fully saturated rings. The van der Waals surface area contributed by atoms with Crippen molar-refractivity contribution >= 4 is 0 Å². The number of rotatable bonds is 3. The largest absolute Gasteiger partial charge is 0.313 e. The first-order valence-corrected chi connectivity index (χ1v) is 9.40. The molecule has 21 heavy (non-hydrogen) atoms. The van der Waals surface area contributed by atoms with Gasteiger partial charge in [0, 0.05) is 18.1 Å². The van der Waals surface area contributed by atoms with Crippen molar-refractivity contribution in [2.45, 2.75) is 90.3 Å². The maximum absolute atomic E-state index is 4.01. The van der Waals surface area contributed by atoms with E-state index in [1.165, 1.54) is 57.9 Å². The van der Waals surface area contributed by atoms with Crippen LogP contribution in [0.4, 0.5) is 0 Å². The van der Waals surface area contributed by atoms with Gasteiger partial charge in [-0.25, -0.2) is 0 Å². The molecule has 2 heterocycles. The van der Waals surface area contributed by atoms with Crippen molar-refractivity contribution in [3.63, 3.8) is 0 Å². The van der Waals surface area contributed by atoms with Gasteiger partial charge in [-0.2, -0.15) is 0 Å². The first-order chi connectivity index (χ1) is 9.95. The van der Waals surface area contributed by atoms with E-state index in [9.17, 15) is 0 Å². The van der Waals surface area contributed by atoms with Crippen LogP contribution < -0.4 is 5.32 Å². The number of hydrogen-bond acceptors (Lipinski definition) is 2. The van der Waals surface area contributed by atoms with Crippen molar-refractivity contribution in [3.8, 4) is 0 Å². The topological polar surface area (TPSA) is 15.3 Å². The van der Waals surface area contributed by atoms with E-state index in [0.717, 1.165) is 30.0 Å². The Balaban J connectivity index is 1.52. The van der Waals surface area contributed by atoms with E-state index in [1.807, 2.05) is 0 Å². The Bertz CT molecular complexity index is 332. The summed E-state index contributed by atoms with van der Waals surface area (Å²) < 4.78 is 0. The predicted octanol–water partition coefficient (Wildman–Crippen LogP) is 4.05. The normalized spacial score (nSPS) is 41.4. The molecule has 0 aromatic rings. The highest BCUT2D eigenvalue weighted by Crippen LogP contribution is 2.39. The Kier molecular flexibility index (Phi) is 4.66. The zero-order valence-electron chi connectivity index (χ0n) is 14.7. The molecule has 0 aromatic carbocycles. The van der Waals surface area contributed by atoms with E-state index < -0.39 is 0 Å². The van der Waals surface area contributed by atoms with Crippen LogP contribution in [-0.4, -0.2) is 36.6 Å². The lowest BCUT2D eigenvalue weighted by molar-refractivity contribution is 0.106. The van der Waals surface area contributed by atoms with Crippen LogP contribution in [0.5, 0.6) is 0 Å². The molecular weight excluding hydrogens is 256 g/mol. The van der Waals surface area contributed by atoms with E-state index >= 15 is 0 Å². The van der Waals surface area contributed by atoms with Gasteiger partial charge >= 0.3 is 0 Å². The van der Waals surface area contributed by atoms with Gasteiger partial charge in [-0.05, 0) is 69.4 Å². The van der Waals surface area contributed by atoms with Gasteiger partial charge in [-0.15, -0.1) is 0 Å². The summed E-state index contributed by atoms with van der Waals surface area (Å²) in [6.45, 7) is 8.59. The molecule has 3 rings (SSSR count). The second-order valence-electron chi connectivity index (χ2n) is 9.16. The molecule has 2 bridgehead atoms. The first kappa shape index (κ1) is 15.8. The lowest BCUT2D eigenvalue weighted by Gasteiger charge is -2.42. The third kappa shape index (κ3) is 3.47. The monoisotopic (exact) mass is 292 g/mol. The molecule has 2 heteroatoms. The Hall–Kier alpha value is -0.0800. The average Bonchev–Trinajstić information content (AvgIpc) is 2.66. The second kappa shape index (κ2) is 6.20. The van der Waals surface area contributed by atoms with E-state index in [-0.39, 0.29) is 0 Å². The van der Waals surface area contributed by atoms with Crippen molar-refractivity contribution in [3.05, 3.63) is 0 Å². The van der Waals surface area contributed by atoms with Crippen molar-refractivity contribution < 1.29 is 0 Å². The zero-order chi connectivity index (χ0) is 15.0. The molecule has 2 nitrogen and oxygen atoms in total. The molecule has 3 aliphatic rings. The quantitative estimate of drug-likeness (QED) is 0.844. The SMILES string of the molecule is CN1C2CCC1CC(CNC1CCCCC1C(C)(C)C)C2. The Morgan fingerprint density at radius 1 is 0.952 bits per heavy atom. The second-order valence-corrected chi connectivity index (χ2v) is 9.16. The highest BCUT2D eigenvalue weighted by atomic mass is 15.2. The number of hydrogen-bond donors (Lipinski definition) is 1. The molecule has 122 valence electrons. The van der Waals surface area contributed by atoms with E-state index in [1.54, 1.807) is 0 Å². The van der Waals surface area contributed by atoms with Crippen LogP contribution >= 0.6 is 0 Å². The Morgan fingerprint density at radius 2 is 1.57 bits per heavy atom. The van der Waals surface area contributed by atoms with Gasteiger partial charge in [0.1, 0.15) is 0 Å². The first-order valence-electron chi connectivity index (χ1n) is 9.40. The summed E-state index contributed by atoms with van der Waals surface area (Å²) >= 11 is 0. The zero-order valence-corrected chi connectivity index (χ0v) is 14.7.